The Morgan fingerprint density at radius 2 is 1.64 bits per heavy atom. The van der Waals surface area contributed by atoms with E-state index >= 15 is 0 Å². The first-order chi connectivity index (χ1) is 10.5. The Labute approximate surface area is 144 Å². The second kappa shape index (κ2) is 9.78. The molecular formula is C16H21IO5. The first kappa shape index (κ1) is 18.9. The van der Waals surface area contributed by atoms with E-state index in [0.717, 1.165) is 9.99 Å². The molecular weight excluding hydrogens is 399 g/mol. The van der Waals surface area contributed by atoms with E-state index in [9.17, 15) is 9.59 Å². The monoisotopic (exact) mass is 420 g/mol. The molecule has 0 heterocycles. The number of ether oxygens (including phenoxy) is 3. The standard InChI is InChI=1S/C16H21IO5/c1-4-6-21-15(18)12-8-13(10-14(17)9-12)16(19)22-7-5-11(2)20-3/h8-11H,4-7H2,1-3H3/t11-/m0/s1. The Kier molecular flexibility index (Phi) is 8.40. The molecule has 0 bridgehead atoms. The maximum atomic E-state index is 12.0. The summed E-state index contributed by atoms with van der Waals surface area (Å²) in [5.41, 5.74) is 0.706. The molecule has 0 aliphatic rings. The zero-order valence-electron chi connectivity index (χ0n) is 13.1. The lowest BCUT2D eigenvalue weighted by atomic mass is 10.1. The Hall–Kier alpha value is -1.15. The van der Waals surface area contributed by atoms with Crippen molar-refractivity contribution >= 4 is 34.5 Å². The molecule has 0 spiro atoms. The molecule has 122 valence electrons. The molecule has 0 radical (unpaired) electrons. The van der Waals surface area contributed by atoms with Crippen molar-refractivity contribution in [2.24, 2.45) is 0 Å². The normalized spacial score (nSPS) is 11.8. The second-order valence-corrected chi connectivity index (χ2v) is 6.08. The molecule has 1 atom stereocenters. The van der Waals surface area contributed by atoms with Gasteiger partial charge in [0.1, 0.15) is 0 Å². The van der Waals surface area contributed by atoms with Crippen LogP contribution >= 0.6 is 22.6 Å². The van der Waals surface area contributed by atoms with E-state index in [2.05, 4.69) is 22.6 Å². The molecule has 0 unspecified atom stereocenters. The highest BCUT2D eigenvalue weighted by molar-refractivity contribution is 14.1. The summed E-state index contributed by atoms with van der Waals surface area (Å²) in [7, 11) is 1.61. The van der Waals surface area contributed by atoms with Gasteiger partial charge in [0.2, 0.25) is 0 Å². The summed E-state index contributed by atoms with van der Waals surface area (Å²) in [6.45, 7) is 4.46. The highest BCUT2D eigenvalue weighted by atomic mass is 127. The SMILES string of the molecule is CCCOC(=O)c1cc(I)cc(C(=O)OCC[C@H](C)OC)c1. The molecule has 1 rings (SSSR count). The third-order valence-electron chi connectivity index (χ3n) is 2.97. The molecule has 0 saturated carbocycles. The van der Waals surface area contributed by atoms with Gasteiger partial charge in [0, 0.05) is 17.1 Å². The number of methoxy groups -OCH3 is 1. The predicted molar refractivity (Wildman–Crippen MR) is 91.1 cm³/mol. The van der Waals surface area contributed by atoms with E-state index in [0.29, 0.717) is 24.2 Å². The molecule has 0 amide bonds. The molecule has 22 heavy (non-hydrogen) atoms. The maximum absolute atomic E-state index is 12.0. The fourth-order valence-electron chi connectivity index (χ4n) is 1.62. The summed E-state index contributed by atoms with van der Waals surface area (Å²) in [6, 6.07) is 4.86. The lowest BCUT2D eigenvalue weighted by Crippen LogP contribution is -2.14. The molecule has 5 nitrogen and oxygen atoms in total. The quantitative estimate of drug-likeness (QED) is 0.477. The Bertz CT molecular complexity index is 515. The van der Waals surface area contributed by atoms with E-state index in [4.69, 9.17) is 14.2 Å². The Morgan fingerprint density at radius 1 is 1.09 bits per heavy atom. The molecule has 0 saturated heterocycles. The fourth-order valence-corrected chi connectivity index (χ4v) is 2.29. The van der Waals surface area contributed by atoms with Crippen molar-refractivity contribution in [3.05, 3.63) is 32.9 Å². The summed E-state index contributed by atoms with van der Waals surface area (Å²) >= 11 is 2.05. The van der Waals surface area contributed by atoms with Crippen LogP contribution in [-0.4, -0.2) is 38.4 Å². The van der Waals surface area contributed by atoms with Gasteiger partial charge in [0.25, 0.3) is 0 Å². The number of hydrogen-bond donors (Lipinski definition) is 0. The number of rotatable bonds is 8. The van der Waals surface area contributed by atoms with Gasteiger partial charge in [-0.3, -0.25) is 0 Å². The molecule has 0 aliphatic heterocycles. The van der Waals surface area contributed by atoms with Gasteiger partial charge in [-0.1, -0.05) is 6.92 Å². The van der Waals surface area contributed by atoms with Crippen LogP contribution in [0.15, 0.2) is 18.2 Å². The maximum Gasteiger partial charge on any atom is 0.338 e. The number of esters is 2. The van der Waals surface area contributed by atoms with Crippen LogP contribution in [0.25, 0.3) is 0 Å². The molecule has 0 fully saturated rings. The number of halogens is 1. The fraction of sp³-hybridized carbons (Fsp3) is 0.500. The van der Waals surface area contributed by atoms with Crippen molar-refractivity contribution in [1.29, 1.82) is 0 Å². The average molecular weight is 420 g/mol. The summed E-state index contributed by atoms with van der Waals surface area (Å²) < 4.78 is 16.1. The van der Waals surface area contributed by atoms with Gasteiger partial charge in [0.15, 0.2) is 0 Å². The van der Waals surface area contributed by atoms with Gasteiger partial charge in [0.05, 0.1) is 30.4 Å². The predicted octanol–water partition coefficient (Wildman–Crippen LogP) is 3.44. The number of hydrogen-bond acceptors (Lipinski definition) is 5. The van der Waals surface area contributed by atoms with Gasteiger partial charge < -0.3 is 14.2 Å². The average Bonchev–Trinajstić information content (AvgIpc) is 2.51. The third kappa shape index (κ3) is 6.31. The zero-order valence-corrected chi connectivity index (χ0v) is 15.2. The summed E-state index contributed by atoms with van der Waals surface area (Å²) in [4.78, 5) is 23.9. The number of carbonyl (C=O) groups excluding carboxylic acids is 2. The van der Waals surface area contributed by atoms with Crippen LogP contribution in [0, 0.1) is 3.57 Å². The minimum Gasteiger partial charge on any atom is -0.462 e. The van der Waals surface area contributed by atoms with Crippen molar-refractivity contribution in [1.82, 2.24) is 0 Å². The van der Waals surface area contributed by atoms with Gasteiger partial charge in [-0.2, -0.15) is 0 Å². The number of benzene rings is 1. The van der Waals surface area contributed by atoms with Gasteiger partial charge in [-0.05, 0) is 54.1 Å². The van der Waals surface area contributed by atoms with E-state index in [1.165, 1.54) is 6.07 Å². The van der Waals surface area contributed by atoms with Crippen molar-refractivity contribution in [3.8, 4) is 0 Å². The van der Waals surface area contributed by atoms with Gasteiger partial charge in [-0.15, -0.1) is 0 Å². The van der Waals surface area contributed by atoms with E-state index in [1.54, 1.807) is 19.2 Å². The Morgan fingerprint density at radius 3 is 2.14 bits per heavy atom. The van der Waals surface area contributed by atoms with Crippen molar-refractivity contribution < 1.29 is 23.8 Å². The van der Waals surface area contributed by atoms with Crippen LogP contribution in [0.3, 0.4) is 0 Å². The molecule has 0 N–H and O–H groups in total. The lowest BCUT2D eigenvalue weighted by Gasteiger charge is -2.10. The van der Waals surface area contributed by atoms with Crippen molar-refractivity contribution in [2.45, 2.75) is 32.8 Å². The summed E-state index contributed by atoms with van der Waals surface area (Å²) in [6.07, 6.45) is 1.41. The molecule has 6 heteroatoms. The zero-order chi connectivity index (χ0) is 16.5. The largest absolute Gasteiger partial charge is 0.462 e. The van der Waals surface area contributed by atoms with Gasteiger partial charge in [-0.25, -0.2) is 9.59 Å². The van der Waals surface area contributed by atoms with Crippen molar-refractivity contribution in [3.63, 3.8) is 0 Å². The van der Waals surface area contributed by atoms with Crippen LogP contribution in [0.2, 0.25) is 0 Å². The Balaban J connectivity index is 2.71. The van der Waals surface area contributed by atoms with Crippen LogP contribution < -0.4 is 0 Å². The summed E-state index contributed by atoms with van der Waals surface area (Å²) in [5, 5.41) is 0. The van der Waals surface area contributed by atoms with Crippen LogP contribution in [0.4, 0.5) is 0 Å². The van der Waals surface area contributed by atoms with E-state index in [-0.39, 0.29) is 12.7 Å². The first-order valence-electron chi connectivity index (χ1n) is 7.15. The molecule has 0 aliphatic carbocycles. The molecule has 1 aromatic rings. The highest BCUT2D eigenvalue weighted by Crippen LogP contribution is 2.15. The topological polar surface area (TPSA) is 61.8 Å². The minimum absolute atomic E-state index is 0.0308. The second-order valence-electron chi connectivity index (χ2n) is 4.84. The minimum atomic E-state index is -0.452. The van der Waals surface area contributed by atoms with Crippen LogP contribution in [-0.2, 0) is 14.2 Å². The lowest BCUT2D eigenvalue weighted by molar-refractivity contribution is 0.0391. The smallest absolute Gasteiger partial charge is 0.338 e. The first-order valence-corrected chi connectivity index (χ1v) is 8.23. The molecule has 1 aromatic carbocycles. The summed E-state index contributed by atoms with van der Waals surface area (Å²) in [5.74, 6) is -0.881. The van der Waals surface area contributed by atoms with Crippen LogP contribution in [0.1, 0.15) is 47.4 Å². The third-order valence-corrected chi connectivity index (χ3v) is 3.59. The van der Waals surface area contributed by atoms with Crippen LogP contribution in [0.5, 0.6) is 0 Å². The number of carbonyl (C=O) groups is 2. The van der Waals surface area contributed by atoms with E-state index < -0.39 is 11.9 Å². The highest BCUT2D eigenvalue weighted by Gasteiger charge is 2.14. The van der Waals surface area contributed by atoms with E-state index in [1.807, 2.05) is 13.8 Å². The van der Waals surface area contributed by atoms with Crippen molar-refractivity contribution in [2.75, 3.05) is 20.3 Å². The molecule has 0 aromatic heterocycles. The van der Waals surface area contributed by atoms with Gasteiger partial charge >= 0.3 is 11.9 Å².